The molecule has 0 aliphatic rings. The van der Waals surface area contributed by atoms with Crippen LogP contribution >= 0.6 is 0 Å². The number of rotatable bonds is 6. The third kappa shape index (κ3) is 4.19. The highest BCUT2D eigenvalue weighted by molar-refractivity contribution is 7.88. The number of sulfonamides is 1. The largest absolute Gasteiger partial charge is 0.212 e. The summed E-state index contributed by atoms with van der Waals surface area (Å²) in [4.78, 5) is 0. The maximum atomic E-state index is 13.4. The average Bonchev–Trinajstić information content (AvgIpc) is 2.24. The Bertz CT molecular complexity index is 529. The number of benzene rings is 1. The van der Waals surface area contributed by atoms with E-state index in [-0.39, 0.29) is 25.1 Å². The first-order chi connectivity index (χ1) is 8.34. The van der Waals surface area contributed by atoms with Crippen LogP contribution in [0.5, 0.6) is 0 Å². The van der Waals surface area contributed by atoms with Gasteiger partial charge in [0.2, 0.25) is 10.0 Å². The molecule has 0 heterocycles. The molecule has 0 N–H and O–H groups in total. The molecule has 6 heteroatoms. The number of hydrogen-bond acceptors (Lipinski definition) is 2. The summed E-state index contributed by atoms with van der Waals surface area (Å²) in [6.45, 7) is 3.77. The molecule has 0 spiro atoms. The Balaban J connectivity index is 2.76. The van der Waals surface area contributed by atoms with Crippen LogP contribution < -0.4 is 0 Å². The molecular formula is C12H15F2NO2S. The molecule has 0 amide bonds. The molecule has 0 unspecified atom stereocenters. The van der Waals surface area contributed by atoms with Gasteiger partial charge < -0.3 is 0 Å². The van der Waals surface area contributed by atoms with Crippen LogP contribution in [-0.2, 0) is 16.4 Å². The Morgan fingerprint density at radius 2 is 2.06 bits per heavy atom. The molecule has 0 atom stereocenters. The molecular weight excluding hydrogens is 260 g/mol. The van der Waals surface area contributed by atoms with Crippen molar-refractivity contribution in [3.05, 3.63) is 48.1 Å². The van der Waals surface area contributed by atoms with Gasteiger partial charge in [-0.25, -0.2) is 17.2 Å². The zero-order valence-corrected chi connectivity index (χ0v) is 10.9. The topological polar surface area (TPSA) is 37.4 Å². The van der Waals surface area contributed by atoms with Gasteiger partial charge in [-0.2, -0.15) is 4.31 Å². The van der Waals surface area contributed by atoms with Crippen molar-refractivity contribution in [1.82, 2.24) is 4.31 Å². The van der Waals surface area contributed by atoms with Crippen molar-refractivity contribution in [1.29, 1.82) is 0 Å². The fraction of sp³-hybridized carbons (Fsp3) is 0.333. The molecule has 0 aliphatic heterocycles. The van der Waals surface area contributed by atoms with E-state index in [4.69, 9.17) is 0 Å². The second kappa shape index (κ2) is 6.06. The first-order valence-electron chi connectivity index (χ1n) is 5.34. The molecule has 0 fully saturated rings. The van der Waals surface area contributed by atoms with Crippen molar-refractivity contribution in [3.63, 3.8) is 0 Å². The van der Waals surface area contributed by atoms with Gasteiger partial charge in [-0.15, -0.1) is 6.58 Å². The molecule has 18 heavy (non-hydrogen) atoms. The van der Waals surface area contributed by atoms with E-state index in [2.05, 4.69) is 6.58 Å². The fourth-order valence-electron chi connectivity index (χ4n) is 1.51. The van der Waals surface area contributed by atoms with Crippen molar-refractivity contribution in [2.45, 2.75) is 6.42 Å². The summed E-state index contributed by atoms with van der Waals surface area (Å²) >= 11 is 0. The molecule has 0 radical (unpaired) electrons. The highest BCUT2D eigenvalue weighted by Crippen LogP contribution is 2.11. The van der Waals surface area contributed by atoms with E-state index in [1.54, 1.807) is 0 Å². The van der Waals surface area contributed by atoms with Crippen LogP contribution in [0.25, 0.3) is 0 Å². The second-order valence-electron chi connectivity index (χ2n) is 3.90. The predicted molar refractivity (Wildman–Crippen MR) is 66.7 cm³/mol. The molecule has 0 bridgehead atoms. The second-order valence-corrected chi connectivity index (χ2v) is 5.88. The summed E-state index contributed by atoms with van der Waals surface area (Å²) < 4.78 is 50.0. The van der Waals surface area contributed by atoms with Crippen LogP contribution in [0.15, 0.2) is 30.9 Å². The van der Waals surface area contributed by atoms with E-state index in [0.29, 0.717) is 0 Å². The summed E-state index contributed by atoms with van der Waals surface area (Å²) in [5.74, 6) is -1.32. The third-order valence-electron chi connectivity index (χ3n) is 2.45. The highest BCUT2D eigenvalue weighted by Gasteiger charge is 2.15. The van der Waals surface area contributed by atoms with Crippen LogP contribution in [0.3, 0.4) is 0 Å². The van der Waals surface area contributed by atoms with Crippen LogP contribution in [0.4, 0.5) is 8.78 Å². The molecule has 1 aromatic rings. The SMILES string of the molecule is C=CCN(CCc1ccc(F)cc1F)S(C)(=O)=O. The minimum absolute atomic E-state index is 0.132. The zero-order valence-electron chi connectivity index (χ0n) is 10.1. The Hall–Kier alpha value is -1.27. The lowest BCUT2D eigenvalue weighted by molar-refractivity contribution is 0.446. The molecule has 0 saturated heterocycles. The Morgan fingerprint density at radius 3 is 2.56 bits per heavy atom. The first kappa shape index (κ1) is 14.8. The first-order valence-corrected chi connectivity index (χ1v) is 7.19. The van der Waals surface area contributed by atoms with Gasteiger partial charge in [-0.05, 0) is 18.1 Å². The Labute approximate surface area is 106 Å². The van der Waals surface area contributed by atoms with Crippen molar-refractivity contribution >= 4 is 10.0 Å². The van der Waals surface area contributed by atoms with Gasteiger partial charge in [0.15, 0.2) is 0 Å². The predicted octanol–water partition coefficient (Wildman–Crippen LogP) is 1.95. The van der Waals surface area contributed by atoms with Crippen molar-refractivity contribution in [2.75, 3.05) is 19.3 Å². The van der Waals surface area contributed by atoms with E-state index in [0.717, 1.165) is 18.4 Å². The molecule has 3 nitrogen and oxygen atoms in total. The van der Waals surface area contributed by atoms with Crippen LogP contribution in [-0.4, -0.2) is 32.1 Å². The van der Waals surface area contributed by atoms with Crippen LogP contribution in [0.1, 0.15) is 5.56 Å². The molecule has 1 aromatic carbocycles. The number of nitrogens with zero attached hydrogens (tertiary/aromatic N) is 1. The van der Waals surface area contributed by atoms with Gasteiger partial charge in [0.05, 0.1) is 6.26 Å². The lowest BCUT2D eigenvalue weighted by Gasteiger charge is -2.18. The van der Waals surface area contributed by atoms with E-state index in [9.17, 15) is 17.2 Å². The standard InChI is InChI=1S/C12H15F2NO2S/c1-3-7-15(18(2,16)17)8-6-10-4-5-11(13)9-12(10)14/h3-5,9H,1,6-8H2,2H3. The van der Waals surface area contributed by atoms with Crippen molar-refractivity contribution in [2.24, 2.45) is 0 Å². The smallest absolute Gasteiger partial charge is 0.211 e. The third-order valence-corrected chi connectivity index (χ3v) is 3.72. The van der Waals surface area contributed by atoms with Gasteiger partial charge in [0, 0.05) is 19.2 Å². The number of halogens is 2. The van der Waals surface area contributed by atoms with E-state index in [1.165, 1.54) is 16.4 Å². The lowest BCUT2D eigenvalue weighted by Crippen LogP contribution is -2.32. The van der Waals surface area contributed by atoms with Crippen molar-refractivity contribution < 1.29 is 17.2 Å². The molecule has 0 aliphatic carbocycles. The van der Waals surface area contributed by atoms with Gasteiger partial charge in [-0.1, -0.05) is 12.1 Å². The monoisotopic (exact) mass is 275 g/mol. The molecule has 0 aromatic heterocycles. The summed E-state index contributed by atoms with van der Waals surface area (Å²) in [6.07, 6.45) is 2.73. The minimum Gasteiger partial charge on any atom is -0.212 e. The fourth-order valence-corrected chi connectivity index (χ4v) is 2.31. The van der Waals surface area contributed by atoms with Gasteiger partial charge in [0.25, 0.3) is 0 Å². The number of hydrogen-bond donors (Lipinski definition) is 0. The summed E-state index contributed by atoms with van der Waals surface area (Å²) in [5, 5.41) is 0. The lowest BCUT2D eigenvalue weighted by atomic mass is 10.1. The van der Waals surface area contributed by atoms with Gasteiger partial charge in [-0.3, -0.25) is 0 Å². The van der Waals surface area contributed by atoms with Crippen molar-refractivity contribution in [3.8, 4) is 0 Å². The maximum absolute atomic E-state index is 13.4. The quantitative estimate of drug-likeness (QED) is 0.744. The zero-order chi connectivity index (χ0) is 13.8. The summed E-state index contributed by atoms with van der Waals surface area (Å²) in [7, 11) is -3.35. The maximum Gasteiger partial charge on any atom is 0.211 e. The Morgan fingerprint density at radius 1 is 1.39 bits per heavy atom. The van der Waals surface area contributed by atoms with Crippen LogP contribution in [0.2, 0.25) is 0 Å². The molecule has 1 rings (SSSR count). The average molecular weight is 275 g/mol. The minimum atomic E-state index is -3.35. The molecule has 0 saturated carbocycles. The summed E-state index contributed by atoms with van der Waals surface area (Å²) in [5.41, 5.74) is 0.286. The highest BCUT2D eigenvalue weighted by atomic mass is 32.2. The normalized spacial score (nSPS) is 11.8. The molecule has 100 valence electrons. The van der Waals surface area contributed by atoms with Gasteiger partial charge >= 0.3 is 0 Å². The van der Waals surface area contributed by atoms with Gasteiger partial charge in [0.1, 0.15) is 11.6 Å². The van der Waals surface area contributed by atoms with E-state index < -0.39 is 21.7 Å². The Kier molecular flexibility index (Phi) is 4.98. The summed E-state index contributed by atoms with van der Waals surface area (Å²) in [6, 6.07) is 3.25. The van der Waals surface area contributed by atoms with E-state index in [1.807, 2.05) is 0 Å². The van der Waals surface area contributed by atoms with Crippen LogP contribution in [0, 0.1) is 11.6 Å². The van der Waals surface area contributed by atoms with E-state index >= 15 is 0 Å².